The van der Waals surface area contributed by atoms with Crippen LogP contribution in [0.3, 0.4) is 0 Å². The molecule has 1 atom stereocenters. The Hall–Kier alpha value is -1.26. The largest absolute Gasteiger partial charge is 0.488 e. The van der Waals surface area contributed by atoms with E-state index in [2.05, 4.69) is 12.2 Å². The van der Waals surface area contributed by atoms with Crippen LogP contribution in [-0.4, -0.2) is 38.7 Å². The van der Waals surface area contributed by atoms with E-state index in [1.165, 1.54) is 12.8 Å². The molecule has 0 bridgehead atoms. The predicted octanol–water partition coefficient (Wildman–Crippen LogP) is 1.93. The van der Waals surface area contributed by atoms with E-state index < -0.39 is 0 Å². The molecule has 5 heteroatoms. The number of quaternary nitrogens is 1. The molecule has 23 heavy (non-hydrogen) atoms. The SMILES string of the molecule is CC1CCC(NC(=O)C[NH+](C)CCOc2ccc(Cl)cc2)CC1. The van der Waals surface area contributed by atoms with Gasteiger partial charge < -0.3 is 15.0 Å². The van der Waals surface area contributed by atoms with Crippen molar-refractivity contribution in [2.75, 3.05) is 26.7 Å². The van der Waals surface area contributed by atoms with Gasteiger partial charge in [-0.1, -0.05) is 18.5 Å². The third kappa shape index (κ3) is 6.80. The molecule has 1 saturated carbocycles. The summed E-state index contributed by atoms with van der Waals surface area (Å²) in [6, 6.07) is 7.71. The van der Waals surface area contributed by atoms with Gasteiger partial charge in [-0.15, -0.1) is 0 Å². The molecule has 0 spiro atoms. The maximum atomic E-state index is 12.1. The second-order valence-corrected chi connectivity index (χ2v) is 7.15. The van der Waals surface area contributed by atoms with Gasteiger partial charge >= 0.3 is 0 Å². The number of likely N-dealkylation sites (N-methyl/N-ethyl adjacent to an activating group) is 1. The topological polar surface area (TPSA) is 42.8 Å². The first-order valence-electron chi connectivity index (χ1n) is 8.52. The molecular formula is C18H28ClN2O2+. The molecule has 0 radical (unpaired) electrons. The minimum Gasteiger partial charge on any atom is -0.488 e. The Labute approximate surface area is 144 Å². The molecule has 4 nitrogen and oxygen atoms in total. The van der Waals surface area contributed by atoms with Gasteiger partial charge in [0.15, 0.2) is 6.54 Å². The summed E-state index contributed by atoms with van der Waals surface area (Å²) >= 11 is 5.84. The van der Waals surface area contributed by atoms with E-state index >= 15 is 0 Å². The van der Waals surface area contributed by atoms with Crippen molar-refractivity contribution < 1.29 is 14.4 Å². The lowest BCUT2D eigenvalue weighted by atomic mass is 9.87. The first-order valence-corrected chi connectivity index (χ1v) is 8.89. The average Bonchev–Trinajstić information content (AvgIpc) is 2.51. The highest BCUT2D eigenvalue weighted by Crippen LogP contribution is 2.23. The summed E-state index contributed by atoms with van der Waals surface area (Å²) in [5, 5.41) is 3.87. The second-order valence-electron chi connectivity index (χ2n) is 6.71. The first-order chi connectivity index (χ1) is 11.0. The smallest absolute Gasteiger partial charge is 0.275 e. The van der Waals surface area contributed by atoms with Crippen molar-refractivity contribution in [3.63, 3.8) is 0 Å². The number of carbonyl (C=O) groups is 1. The minimum absolute atomic E-state index is 0.147. The highest BCUT2D eigenvalue weighted by atomic mass is 35.5. The van der Waals surface area contributed by atoms with E-state index in [9.17, 15) is 4.79 Å². The van der Waals surface area contributed by atoms with E-state index in [0.29, 0.717) is 24.2 Å². The number of carbonyl (C=O) groups excluding carboxylic acids is 1. The summed E-state index contributed by atoms with van der Waals surface area (Å²) in [5.41, 5.74) is 0. The lowest BCUT2D eigenvalue weighted by molar-refractivity contribution is -0.871. The van der Waals surface area contributed by atoms with E-state index in [-0.39, 0.29) is 5.91 Å². The summed E-state index contributed by atoms with van der Waals surface area (Å²) in [5.74, 6) is 1.76. The van der Waals surface area contributed by atoms with Gasteiger partial charge in [0, 0.05) is 11.1 Å². The van der Waals surface area contributed by atoms with E-state index in [1.807, 2.05) is 31.3 Å². The predicted molar refractivity (Wildman–Crippen MR) is 93.1 cm³/mol. The molecule has 1 aromatic rings. The molecule has 1 unspecified atom stereocenters. The van der Waals surface area contributed by atoms with Gasteiger partial charge in [-0.25, -0.2) is 0 Å². The van der Waals surface area contributed by atoms with Gasteiger partial charge in [-0.3, -0.25) is 4.79 Å². The summed E-state index contributed by atoms with van der Waals surface area (Å²) in [7, 11) is 2.02. The average molecular weight is 340 g/mol. The van der Waals surface area contributed by atoms with Crippen LogP contribution in [0.5, 0.6) is 5.75 Å². The van der Waals surface area contributed by atoms with E-state index in [1.54, 1.807) is 0 Å². The summed E-state index contributed by atoms with van der Waals surface area (Å²) < 4.78 is 5.66. The van der Waals surface area contributed by atoms with Gasteiger partial charge in [0.2, 0.25) is 0 Å². The molecular weight excluding hydrogens is 312 g/mol. The van der Waals surface area contributed by atoms with Crippen molar-refractivity contribution in [3.05, 3.63) is 29.3 Å². The van der Waals surface area contributed by atoms with Crippen molar-refractivity contribution >= 4 is 17.5 Å². The van der Waals surface area contributed by atoms with Crippen LogP contribution in [0.15, 0.2) is 24.3 Å². The van der Waals surface area contributed by atoms with E-state index in [0.717, 1.165) is 36.0 Å². The monoisotopic (exact) mass is 339 g/mol. The Morgan fingerprint density at radius 3 is 2.57 bits per heavy atom. The molecule has 1 aromatic carbocycles. The fourth-order valence-electron chi connectivity index (χ4n) is 2.92. The maximum absolute atomic E-state index is 12.1. The molecule has 0 saturated heterocycles. The number of hydrogen-bond acceptors (Lipinski definition) is 2. The van der Waals surface area contributed by atoms with Crippen LogP contribution in [0.1, 0.15) is 32.6 Å². The molecule has 0 aromatic heterocycles. The summed E-state index contributed by atoms with van der Waals surface area (Å²) in [4.78, 5) is 13.2. The van der Waals surface area contributed by atoms with Crippen molar-refractivity contribution in [3.8, 4) is 5.75 Å². The molecule has 2 N–H and O–H groups in total. The molecule has 0 aliphatic heterocycles. The maximum Gasteiger partial charge on any atom is 0.275 e. The number of ether oxygens (including phenoxy) is 1. The van der Waals surface area contributed by atoms with E-state index in [4.69, 9.17) is 16.3 Å². The Kier molecular flexibility index (Phi) is 7.18. The zero-order chi connectivity index (χ0) is 16.7. The van der Waals surface area contributed by atoms with Crippen LogP contribution in [0.4, 0.5) is 0 Å². The standard InChI is InChI=1S/C18H27ClN2O2/c1-14-3-7-16(8-4-14)20-18(22)13-21(2)11-12-23-17-9-5-15(19)6-10-17/h5-6,9-10,14,16H,3-4,7-8,11-13H2,1-2H3,(H,20,22)/p+1. The molecule has 0 heterocycles. The fourth-order valence-corrected chi connectivity index (χ4v) is 3.05. The zero-order valence-corrected chi connectivity index (χ0v) is 14.9. The summed E-state index contributed by atoms with van der Waals surface area (Å²) in [6.45, 7) is 4.16. The second kappa shape index (κ2) is 9.14. The van der Waals surface area contributed by atoms with Crippen LogP contribution >= 0.6 is 11.6 Å². The van der Waals surface area contributed by atoms with Crippen molar-refractivity contribution in [1.82, 2.24) is 5.32 Å². The number of nitrogens with one attached hydrogen (secondary N) is 2. The van der Waals surface area contributed by atoms with Gasteiger partial charge in [-0.05, 0) is 55.9 Å². The number of hydrogen-bond donors (Lipinski definition) is 2. The van der Waals surface area contributed by atoms with Crippen molar-refractivity contribution in [2.45, 2.75) is 38.6 Å². The first kappa shape index (κ1) is 18.1. The molecule has 1 aliphatic rings. The van der Waals surface area contributed by atoms with Crippen molar-refractivity contribution in [2.24, 2.45) is 5.92 Å². The van der Waals surface area contributed by atoms with Crippen LogP contribution in [0.2, 0.25) is 5.02 Å². The van der Waals surface area contributed by atoms with Crippen LogP contribution in [-0.2, 0) is 4.79 Å². The Morgan fingerprint density at radius 1 is 1.26 bits per heavy atom. The van der Waals surface area contributed by atoms with Gasteiger partial charge in [-0.2, -0.15) is 0 Å². The summed E-state index contributed by atoms with van der Waals surface area (Å²) in [6.07, 6.45) is 4.68. The lowest BCUT2D eigenvalue weighted by Gasteiger charge is -2.27. The van der Waals surface area contributed by atoms with Gasteiger partial charge in [0.25, 0.3) is 5.91 Å². The van der Waals surface area contributed by atoms with Crippen molar-refractivity contribution in [1.29, 1.82) is 0 Å². The molecule has 1 fully saturated rings. The molecule has 1 amide bonds. The fraction of sp³-hybridized carbons (Fsp3) is 0.611. The quantitative estimate of drug-likeness (QED) is 0.797. The van der Waals surface area contributed by atoms with Crippen LogP contribution in [0.25, 0.3) is 0 Å². The molecule has 2 rings (SSSR count). The molecule has 1 aliphatic carbocycles. The number of benzene rings is 1. The Bertz CT molecular complexity index is 484. The third-order valence-corrected chi connectivity index (χ3v) is 4.71. The number of rotatable bonds is 7. The molecule has 128 valence electrons. The number of halogens is 1. The normalized spacial score (nSPS) is 22.4. The highest BCUT2D eigenvalue weighted by Gasteiger charge is 2.20. The van der Waals surface area contributed by atoms with Crippen LogP contribution in [0, 0.1) is 5.92 Å². The van der Waals surface area contributed by atoms with Gasteiger partial charge in [0.1, 0.15) is 18.9 Å². The van der Waals surface area contributed by atoms with Crippen LogP contribution < -0.4 is 15.0 Å². The van der Waals surface area contributed by atoms with Gasteiger partial charge in [0.05, 0.1) is 7.05 Å². The Morgan fingerprint density at radius 2 is 1.91 bits per heavy atom. The minimum atomic E-state index is 0.147. The zero-order valence-electron chi connectivity index (χ0n) is 14.1. The highest BCUT2D eigenvalue weighted by molar-refractivity contribution is 6.30. The number of amides is 1. The Balaban J connectivity index is 1.61. The lowest BCUT2D eigenvalue weighted by Crippen LogP contribution is -3.10. The third-order valence-electron chi connectivity index (χ3n) is 4.45.